The largest absolute Gasteiger partial charge is 0.494 e. The summed E-state index contributed by atoms with van der Waals surface area (Å²) in [4.78, 5) is 18.7. The molecule has 0 amide bonds. The Morgan fingerprint density at radius 1 is 0.526 bits per heavy atom. The summed E-state index contributed by atoms with van der Waals surface area (Å²) >= 11 is 0. The first kappa shape index (κ1) is 66.6. The normalized spacial score (nSPS) is 11.4. The first-order valence-electron chi connectivity index (χ1n) is 28.4. The number of aliphatic hydroxyl groups excluding tert-OH is 1. The fourth-order valence-electron chi connectivity index (χ4n) is 9.04. The van der Waals surface area contributed by atoms with E-state index in [2.05, 4.69) is 76.5 Å². The summed E-state index contributed by atoms with van der Waals surface area (Å²) in [6.07, 6.45) is 17.1. The molecule has 0 radical (unpaired) electrons. The predicted octanol–water partition coefficient (Wildman–Crippen LogP) is 15.1. The number of nitrogens with one attached hydrogen (secondary N) is 2. The zero-order valence-corrected chi connectivity index (χ0v) is 49.6. The van der Waals surface area contributed by atoms with Crippen LogP contribution in [-0.2, 0) is 33.8 Å². The van der Waals surface area contributed by atoms with Crippen molar-refractivity contribution in [2.24, 2.45) is 0 Å². The number of hydrogen-bond acceptors (Lipinski definition) is 14. The van der Waals surface area contributed by atoms with Crippen LogP contribution in [0.15, 0.2) is 93.8 Å². The summed E-state index contributed by atoms with van der Waals surface area (Å²) in [7, 11) is -5.22. The van der Waals surface area contributed by atoms with Crippen LogP contribution in [0.1, 0.15) is 187 Å². The molecular formula is C62H90N4O10S2. The molecule has 0 aliphatic heterocycles. The maximum Gasteiger partial charge on any atom is 0.308 e. The molecule has 0 aliphatic carbocycles. The van der Waals surface area contributed by atoms with E-state index in [4.69, 9.17) is 44.7 Å². The highest BCUT2D eigenvalue weighted by Gasteiger charge is 2.24. The highest BCUT2D eigenvalue weighted by atomic mass is 32.2. The van der Waals surface area contributed by atoms with E-state index in [9.17, 15) is 9.90 Å². The Morgan fingerprint density at radius 2 is 0.897 bits per heavy atom. The lowest BCUT2D eigenvalue weighted by atomic mass is 9.96. The number of aryl methyl sites for hydroxylation is 4. The molecule has 6 rings (SSSR count). The van der Waals surface area contributed by atoms with Gasteiger partial charge in [-0.25, -0.2) is 0 Å². The van der Waals surface area contributed by atoms with Gasteiger partial charge in [0.15, 0.2) is 5.78 Å². The highest BCUT2D eigenvalue weighted by Crippen LogP contribution is 2.37. The van der Waals surface area contributed by atoms with Gasteiger partial charge in [-0.3, -0.25) is 4.79 Å². The zero-order chi connectivity index (χ0) is 57.2. The van der Waals surface area contributed by atoms with Crippen molar-refractivity contribution in [1.82, 2.24) is 9.80 Å². The summed E-state index contributed by atoms with van der Waals surface area (Å²) in [5.74, 6) is 3.39. The number of hydrogen-bond donors (Lipinski definition) is 3. The van der Waals surface area contributed by atoms with E-state index in [-0.39, 0.29) is 5.78 Å². The number of ketones is 1. The molecule has 0 bridgehead atoms. The summed E-state index contributed by atoms with van der Waals surface area (Å²) < 4.78 is 70.0. The number of benzene rings is 4. The van der Waals surface area contributed by atoms with Crippen molar-refractivity contribution in [3.8, 4) is 11.5 Å². The molecule has 0 aliphatic rings. The highest BCUT2D eigenvalue weighted by molar-refractivity contribution is 7.60. The van der Waals surface area contributed by atoms with E-state index in [1.54, 1.807) is 0 Å². The Kier molecular flexibility index (Phi) is 32.5. The van der Waals surface area contributed by atoms with Crippen molar-refractivity contribution in [2.45, 2.75) is 164 Å². The molecule has 4 aromatic carbocycles. The van der Waals surface area contributed by atoms with Crippen molar-refractivity contribution in [3.63, 3.8) is 0 Å². The lowest BCUT2D eigenvalue weighted by Gasteiger charge is -2.21. The van der Waals surface area contributed by atoms with Gasteiger partial charge in [0.2, 0.25) is 0 Å². The number of aliphatic hydroxyl groups is 1. The number of nitrogens with zero attached hydrogens (tertiary/aromatic N) is 2. The molecule has 2 heterocycles. The molecule has 0 spiro atoms. The van der Waals surface area contributed by atoms with Gasteiger partial charge in [-0.15, -0.1) is 0 Å². The first-order chi connectivity index (χ1) is 37.6. The van der Waals surface area contributed by atoms with Crippen LogP contribution in [0.4, 0.5) is 0 Å². The maximum atomic E-state index is 13.5. The molecule has 0 saturated carbocycles. The standard InChI is InChI=1S/C31H45NO3.C31H43NO3.2HNO2S/c2*1-5-8-12-29-30(27-23-24(4)13-18-28(27)35-29)31(33)25-14-16-26(17-15-25)34-22-11-21-32(19-9-6-2)20-10-7-3;2*1-4(2)3/h13-18,23,31,33H,5-12,19-22H2,1-4H3;13-18,23H,5-12,19-22H2,1-4H3;2*1H. The van der Waals surface area contributed by atoms with Crippen LogP contribution in [0, 0.1) is 23.4 Å². The van der Waals surface area contributed by atoms with Crippen molar-refractivity contribution in [3.05, 3.63) is 130 Å². The average molecular weight is 1120 g/mol. The molecule has 430 valence electrons. The maximum absolute atomic E-state index is 13.5. The van der Waals surface area contributed by atoms with E-state index in [1.807, 2.05) is 73.7 Å². The van der Waals surface area contributed by atoms with E-state index >= 15 is 0 Å². The molecule has 0 saturated heterocycles. The number of fused-ring (bicyclic) bond motifs is 2. The molecule has 0 fully saturated rings. The van der Waals surface area contributed by atoms with Crippen molar-refractivity contribution in [2.75, 3.05) is 52.5 Å². The molecule has 1 atom stereocenters. The minimum atomic E-state index is -2.61. The van der Waals surface area contributed by atoms with Gasteiger partial charge in [0.1, 0.15) is 40.3 Å². The minimum absolute atomic E-state index is 0.0227. The fourth-order valence-corrected chi connectivity index (χ4v) is 9.04. The lowest BCUT2D eigenvalue weighted by molar-refractivity contribution is 0.103. The third-order valence-electron chi connectivity index (χ3n) is 13.3. The van der Waals surface area contributed by atoms with Gasteiger partial charge >= 0.3 is 21.0 Å². The summed E-state index contributed by atoms with van der Waals surface area (Å²) in [6, 6.07) is 27.8. The number of carbonyl (C=O) groups is 1. The van der Waals surface area contributed by atoms with Crippen molar-refractivity contribution >= 4 is 48.7 Å². The topological polar surface area (TPSA) is 204 Å². The lowest BCUT2D eigenvalue weighted by Crippen LogP contribution is -2.28. The molecule has 3 N–H and O–H groups in total. The molecule has 6 aromatic rings. The third-order valence-corrected chi connectivity index (χ3v) is 13.3. The molecule has 1 unspecified atom stereocenters. The van der Waals surface area contributed by atoms with Gasteiger partial charge in [0.05, 0.1) is 18.8 Å². The molecule has 16 heteroatoms. The van der Waals surface area contributed by atoms with Gasteiger partial charge < -0.3 is 33.2 Å². The smallest absolute Gasteiger partial charge is 0.308 e. The minimum Gasteiger partial charge on any atom is -0.494 e. The monoisotopic (exact) mass is 1110 g/mol. The third kappa shape index (κ3) is 24.2. The van der Waals surface area contributed by atoms with E-state index < -0.39 is 27.1 Å². The van der Waals surface area contributed by atoms with Gasteiger partial charge in [-0.1, -0.05) is 115 Å². The number of rotatable bonds is 32. The van der Waals surface area contributed by atoms with Crippen LogP contribution >= 0.6 is 0 Å². The van der Waals surface area contributed by atoms with Crippen LogP contribution in [0.5, 0.6) is 11.5 Å². The van der Waals surface area contributed by atoms with Crippen LogP contribution in [0.25, 0.3) is 21.9 Å². The first-order valence-corrected chi connectivity index (χ1v) is 30.5. The van der Waals surface area contributed by atoms with Gasteiger partial charge in [-0.2, -0.15) is 26.4 Å². The Morgan fingerprint density at radius 3 is 1.33 bits per heavy atom. The number of ether oxygens (including phenoxy) is 2. The Labute approximate surface area is 468 Å². The predicted molar refractivity (Wildman–Crippen MR) is 316 cm³/mol. The Hall–Kier alpha value is -5.65. The van der Waals surface area contributed by atoms with Crippen LogP contribution in [0.2, 0.25) is 0 Å². The Bertz CT molecular complexity index is 2830. The van der Waals surface area contributed by atoms with Gasteiger partial charge in [-0.05, 0) is 158 Å². The number of carbonyl (C=O) groups excluding carboxylic acids is 1. The molecular weight excluding hydrogens is 1020 g/mol. The van der Waals surface area contributed by atoms with E-state index in [0.717, 1.165) is 126 Å². The Balaban J connectivity index is 0.000000360. The van der Waals surface area contributed by atoms with E-state index in [1.165, 1.54) is 83.1 Å². The van der Waals surface area contributed by atoms with Gasteiger partial charge in [0.25, 0.3) is 0 Å². The van der Waals surface area contributed by atoms with Crippen molar-refractivity contribution in [1.29, 1.82) is 9.56 Å². The second-order valence-corrected chi connectivity index (χ2v) is 20.8. The van der Waals surface area contributed by atoms with Crippen LogP contribution in [-0.4, -0.2) is 90.0 Å². The number of unbranched alkanes of at least 4 members (excludes halogenated alkanes) is 6. The summed E-state index contributed by atoms with van der Waals surface area (Å²) in [6.45, 7) is 25.7. The fraction of sp³-hybridized carbons (Fsp3) is 0.532. The zero-order valence-electron chi connectivity index (χ0n) is 48.0. The number of furan rings is 2. The van der Waals surface area contributed by atoms with Gasteiger partial charge in [0, 0.05) is 47.8 Å². The van der Waals surface area contributed by atoms with Crippen LogP contribution < -0.4 is 9.47 Å². The van der Waals surface area contributed by atoms with Crippen LogP contribution in [0.3, 0.4) is 0 Å². The SMILES string of the molecule is CCCCc1oc2ccc(C)cc2c1C(=O)c1ccc(OCCCN(CCCC)CCCC)cc1.CCCCc1oc2ccc(C)cc2c1C(O)c1ccc(OCCCN(CCCC)CCCC)cc1.N=S(=O)=O.N=S(=O)=O. The molecule has 2 aromatic heterocycles. The summed E-state index contributed by atoms with van der Waals surface area (Å²) in [5, 5.41) is 13.3. The average Bonchev–Trinajstić information content (AvgIpc) is 4.06. The second-order valence-electron chi connectivity index (χ2n) is 19.8. The molecule has 14 nitrogen and oxygen atoms in total. The van der Waals surface area contributed by atoms with E-state index in [0.29, 0.717) is 24.3 Å². The second kappa shape index (κ2) is 38.0. The summed E-state index contributed by atoms with van der Waals surface area (Å²) in [5.41, 5.74) is 7.09. The quantitative estimate of drug-likeness (QED) is 0.0267. The molecule has 78 heavy (non-hydrogen) atoms. The van der Waals surface area contributed by atoms with Crippen molar-refractivity contribution < 1.29 is 45.0 Å².